The van der Waals surface area contributed by atoms with E-state index in [0.29, 0.717) is 21.5 Å². The van der Waals surface area contributed by atoms with Gasteiger partial charge in [-0.1, -0.05) is 19.1 Å². The van der Waals surface area contributed by atoms with Crippen LogP contribution in [-0.2, 0) is 16.0 Å². The third-order valence-corrected chi connectivity index (χ3v) is 4.07. The summed E-state index contributed by atoms with van der Waals surface area (Å²) in [5.74, 6) is -0.463. The lowest BCUT2D eigenvalue weighted by Crippen LogP contribution is -2.21. The first kappa shape index (κ1) is 18.0. The summed E-state index contributed by atoms with van der Waals surface area (Å²) in [6, 6.07) is 12.5. The van der Waals surface area contributed by atoms with Crippen molar-refractivity contribution in [3.8, 4) is 5.75 Å². The minimum absolute atomic E-state index is 0.300. The number of amides is 1. The summed E-state index contributed by atoms with van der Waals surface area (Å²) in [6.45, 7) is 1.70. The average Bonchev–Trinajstić information content (AvgIpc) is 2.60. The Labute approximate surface area is 149 Å². The van der Waals surface area contributed by atoms with Gasteiger partial charge in [-0.25, -0.2) is 4.79 Å². The second-order valence-electron chi connectivity index (χ2n) is 5.02. The Morgan fingerprint density at radius 1 is 1.12 bits per heavy atom. The smallest absolute Gasteiger partial charge is 0.339 e. The second-order valence-corrected chi connectivity index (χ2v) is 5.87. The van der Waals surface area contributed by atoms with Crippen LogP contribution in [0, 0.1) is 0 Å². The van der Waals surface area contributed by atoms with Crippen LogP contribution in [0.15, 0.2) is 46.9 Å². The zero-order valence-corrected chi connectivity index (χ0v) is 15.1. The first-order chi connectivity index (χ1) is 11.5. The minimum atomic E-state index is -0.600. The fourth-order valence-electron chi connectivity index (χ4n) is 2.02. The van der Waals surface area contributed by atoms with Gasteiger partial charge in [-0.05, 0) is 58.2 Å². The van der Waals surface area contributed by atoms with Crippen LogP contribution in [0.5, 0.6) is 5.75 Å². The van der Waals surface area contributed by atoms with Gasteiger partial charge in [0.2, 0.25) is 0 Å². The quantitative estimate of drug-likeness (QED) is 0.760. The molecule has 0 saturated carbocycles. The zero-order valence-electron chi connectivity index (χ0n) is 13.5. The highest BCUT2D eigenvalue weighted by molar-refractivity contribution is 9.10. The van der Waals surface area contributed by atoms with E-state index in [1.807, 2.05) is 24.3 Å². The van der Waals surface area contributed by atoms with Crippen LogP contribution >= 0.6 is 15.9 Å². The Balaban J connectivity index is 1.92. The number of hydrogen-bond donors (Lipinski definition) is 1. The van der Waals surface area contributed by atoms with Gasteiger partial charge in [0.25, 0.3) is 5.91 Å². The van der Waals surface area contributed by atoms with Crippen molar-refractivity contribution >= 4 is 33.5 Å². The second kappa shape index (κ2) is 8.49. The Bertz CT molecular complexity index is 728. The number of carbonyl (C=O) groups is 2. The Hall–Kier alpha value is -2.34. The molecule has 1 N–H and O–H groups in total. The minimum Gasteiger partial charge on any atom is -0.497 e. The molecular formula is C18H18BrNO4. The Morgan fingerprint density at radius 3 is 2.46 bits per heavy atom. The maximum Gasteiger partial charge on any atom is 0.339 e. The summed E-state index contributed by atoms with van der Waals surface area (Å²) in [4.78, 5) is 24.0. The summed E-state index contributed by atoms with van der Waals surface area (Å²) in [5.41, 5.74) is 2.15. The Morgan fingerprint density at radius 2 is 1.83 bits per heavy atom. The lowest BCUT2D eigenvalue weighted by molar-refractivity contribution is -0.119. The Kier molecular flexibility index (Phi) is 6.37. The van der Waals surface area contributed by atoms with E-state index in [0.717, 1.165) is 6.42 Å². The van der Waals surface area contributed by atoms with E-state index in [4.69, 9.17) is 9.47 Å². The molecule has 0 spiro atoms. The molecule has 24 heavy (non-hydrogen) atoms. The highest BCUT2D eigenvalue weighted by Gasteiger charge is 2.14. The zero-order chi connectivity index (χ0) is 17.5. The maximum atomic E-state index is 12.1. The van der Waals surface area contributed by atoms with Crippen LogP contribution in [0.25, 0.3) is 0 Å². The predicted molar refractivity (Wildman–Crippen MR) is 95.4 cm³/mol. The molecule has 0 aromatic heterocycles. The van der Waals surface area contributed by atoms with Crippen molar-refractivity contribution in [3.63, 3.8) is 0 Å². The topological polar surface area (TPSA) is 64.6 Å². The number of methoxy groups -OCH3 is 1. The lowest BCUT2D eigenvalue weighted by atomic mass is 10.1. The molecular weight excluding hydrogens is 374 g/mol. The molecule has 1 amide bonds. The molecule has 0 unspecified atom stereocenters. The van der Waals surface area contributed by atoms with Crippen molar-refractivity contribution in [2.75, 3.05) is 19.0 Å². The van der Waals surface area contributed by atoms with E-state index in [2.05, 4.69) is 28.2 Å². The van der Waals surface area contributed by atoms with Crippen LogP contribution in [0.1, 0.15) is 22.8 Å². The van der Waals surface area contributed by atoms with E-state index in [1.165, 1.54) is 12.7 Å². The van der Waals surface area contributed by atoms with E-state index >= 15 is 0 Å². The fourth-order valence-corrected chi connectivity index (χ4v) is 2.43. The number of benzene rings is 2. The monoisotopic (exact) mass is 391 g/mol. The normalized spacial score (nSPS) is 10.1. The number of hydrogen-bond acceptors (Lipinski definition) is 4. The van der Waals surface area contributed by atoms with Gasteiger partial charge in [0, 0.05) is 10.2 Å². The number of rotatable bonds is 6. The number of carbonyl (C=O) groups excluding carboxylic acids is 2. The van der Waals surface area contributed by atoms with Crippen LogP contribution in [0.4, 0.5) is 5.69 Å². The lowest BCUT2D eigenvalue weighted by Gasteiger charge is -2.09. The molecule has 0 radical (unpaired) electrons. The number of ether oxygens (including phenoxy) is 2. The molecule has 0 aliphatic carbocycles. The molecule has 0 saturated heterocycles. The number of nitrogens with one attached hydrogen (secondary N) is 1. The summed E-state index contributed by atoms with van der Waals surface area (Å²) in [5, 5.41) is 2.68. The molecule has 0 atom stereocenters. The van der Waals surface area contributed by atoms with Crippen LogP contribution in [0.2, 0.25) is 0 Å². The van der Waals surface area contributed by atoms with Crippen LogP contribution in [-0.4, -0.2) is 25.6 Å². The third-order valence-electron chi connectivity index (χ3n) is 3.37. The molecule has 0 heterocycles. The predicted octanol–water partition coefficient (Wildman–Crippen LogP) is 3.82. The van der Waals surface area contributed by atoms with Crippen LogP contribution < -0.4 is 10.1 Å². The highest BCUT2D eigenvalue weighted by Crippen LogP contribution is 2.23. The number of aryl methyl sites for hydroxylation is 1. The summed E-state index contributed by atoms with van der Waals surface area (Å²) in [7, 11) is 1.51. The van der Waals surface area contributed by atoms with Gasteiger partial charge in [0.05, 0.1) is 12.7 Å². The van der Waals surface area contributed by atoms with Crippen molar-refractivity contribution in [2.24, 2.45) is 0 Å². The van der Waals surface area contributed by atoms with Gasteiger partial charge >= 0.3 is 5.97 Å². The first-order valence-electron chi connectivity index (χ1n) is 7.43. The number of halogens is 1. The summed E-state index contributed by atoms with van der Waals surface area (Å²) in [6.07, 6.45) is 0.932. The third kappa shape index (κ3) is 4.83. The van der Waals surface area contributed by atoms with Crippen molar-refractivity contribution < 1.29 is 19.1 Å². The molecule has 2 aromatic rings. The van der Waals surface area contributed by atoms with E-state index in [1.54, 1.807) is 18.2 Å². The molecule has 0 fully saturated rings. The van der Waals surface area contributed by atoms with Crippen molar-refractivity contribution in [3.05, 3.63) is 58.1 Å². The van der Waals surface area contributed by atoms with Gasteiger partial charge < -0.3 is 14.8 Å². The van der Waals surface area contributed by atoms with Gasteiger partial charge in [-0.3, -0.25) is 4.79 Å². The SMILES string of the molecule is CCc1ccc(NC(=O)COC(=O)c2cc(OC)ccc2Br)cc1. The molecule has 0 aliphatic heterocycles. The number of esters is 1. The molecule has 2 rings (SSSR count). The average molecular weight is 392 g/mol. The van der Waals surface area contributed by atoms with Gasteiger partial charge in [-0.2, -0.15) is 0 Å². The molecule has 2 aromatic carbocycles. The van der Waals surface area contributed by atoms with E-state index in [9.17, 15) is 9.59 Å². The molecule has 126 valence electrons. The first-order valence-corrected chi connectivity index (χ1v) is 8.22. The largest absolute Gasteiger partial charge is 0.497 e. The van der Waals surface area contributed by atoms with Gasteiger partial charge in [0.15, 0.2) is 6.61 Å². The van der Waals surface area contributed by atoms with Gasteiger partial charge in [-0.15, -0.1) is 0 Å². The fraction of sp³-hybridized carbons (Fsp3) is 0.222. The highest BCUT2D eigenvalue weighted by atomic mass is 79.9. The molecule has 0 aliphatic rings. The summed E-state index contributed by atoms with van der Waals surface area (Å²) >= 11 is 3.28. The standard InChI is InChI=1S/C18H18BrNO4/c1-3-12-4-6-13(7-5-12)20-17(21)11-24-18(22)15-10-14(23-2)8-9-16(15)19/h4-10H,3,11H2,1-2H3,(H,20,21). The van der Waals surface area contributed by atoms with Crippen LogP contribution in [0.3, 0.4) is 0 Å². The van der Waals surface area contributed by atoms with Crippen molar-refractivity contribution in [2.45, 2.75) is 13.3 Å². The van der Waals surface area contributed by atoms with E-state index in [-0.39, 0.29) is 6.61 Å². The molecule has 6 heteroatoms. The maximum absolute atomic E-state index is 12.1. The summed E-state index contributed by atoms with van der Waals surface area (Å²) < 4.78 is 10.7. The van der Waals surface area contributed by atoms with Crippen molar-refractivity contribution in [1.29, 1.82) is 0 Å². The van der Waals surface area contributed by atoms with Crippen molar-refractivity contribution in [1.82, 2.24) is 0 Å². The van der Waals surface area contributed by atoms with E-state index < -0.39 is 11.9 Å². The molecule has 0 bridgehead atoms. The number of anilines is 1. The van der Waals surface area contributed by atoms with Gasteiger partial charge in [0.1, 0.15) is 5.75 Å². The molecule has 5 nitrogen and oxygen atoms in total.